The fraction of sp³-hybridized carbons (Fsp3) is 0.471. The number of nitrogens with one attached hydrogen (secondary N) is 1. The van der Waals surface area contributed by atoms with Crippen molar-refractivity contribution in [1.82, 2.24) is 14.9 Å². The molecule has 1 atom stereocenters. The van der Waals surface area contributed by atoms with Crippen LogP contribution in [-0.2, 0) is 6.54 Å². The van der Waals surface area contributed by atoms with E-state index in [0.717, 1.165) is 38.3 Å². The Hall–Kier alpha value is -1.81. The van der Waals surface area contributed by atoms with Crippen molar-refractivity contribution in [3.63, 3.8) is 0 Å². The Morgan fingerprint density at radius 2 is 2.19 bits per heavy atom. The van der Waals surface area contributed by atoms with Crippen LogP contribution in [0.5, 0.6) is 5.75 Å². The minimum Gasteiger partial charge on any atom is -0.493 e. The molecule has 0 radical (unpaired) electrons. The first-order chi connectivity index (χ1) is 10.3. The number of aromatic nitrogens is 2. The Kier molecular flexibility index (Phi) is 6.28. The minimum absolute atomic E-state index is 0.315. The topological polar surface area (TPSA) is 39.1 Å². The van der Waals surface area contributed by atoms with E-state index in [4.69, 9.17) is 4.74 Å². The molecule has 2 rings (SSSR count). The van der Waals surface area contributed by atoms with E-state index in [1.807, 2.05) is 18.6 Å². The third kappa shape index (κ3) is 4.90. The maximum absolute atomic E-state index is 5.96. The van der Waals surface area contributed by atoms with Gasteiger partial charge >= 0.3 is 0 Å². The fourth-order valence-corrected chi connectivity index (χ4v) is 2.29. The summed E-state index contributed by atoms with van der Waals surface area (Å²) in [6, 6.07) is 8.60. The van der Waals surface area contributed by atoms with E-state index in [9.17, 15) is 0 Å². The number of hydrogen-bond donors (Lipinski definition) is 1. The van der Waals surface area contributed by atoms with Crippen LogP contribution in [0.3, 0.4) is 0 Å². The van der Waals surface area contributed by atoms with Crippen molar-refractivity contribution >= 4 is 0 Å². The highest BCUT2D eigenvalue weighted by Crippen LogP contribution is 2.24. The van der Waals surface area contributed by atoms with Crippen molar-refractivity contribution in [3.05, 3.63) is 48.5 Å². The molecule has 0 bridgehead atoms. The summed E-state index contributed by atoms with van der Waals surface area (Å²) in [5.74, 6) is 0.985. The first-order valence-electron chi connectivity index (χ1n) is 7.72. The highest BCUT2D eigenvalue weighted by atomic mass is 16.5. The normalized spacial score (nSPS) is 12.3. The molecular formula is C17H25N3O. The lowest BCUT2D eigenvalue weighted by molar-refractivity contribution is 0.296. The van der Waals surface area contributed by atoms with Gasteiger partial charge in [0, 0.05) is 30.5 Å². The molecule has 1 aromatic carbocycles. The highest BCUT2D eigenvalue weighted by Gasteiger charge is 2.10. The molecule has 114 valence electrons. The summed E-state index contributed by atoms with van der Waals surface area (Å²) < 4.78 is 8.03. The number of benzene rings is 1. The molecule has 2 aromatic rings. The van der Waals surface area contributed by atoms with Crippen LogP contribution >= 0.6 is 0 Å². The number of rotatable bonds is 9. The maximum Gasteiger partial charge on any atom is 0.124 e. The average Bonchev–Trinajstić information content (AvgIpc) is 3.03. The van der Waals surface area contributed by atoms with E-state index in [1.54, 1.807) is 6.20 Å². The first kappa shape index (κ1) is 15.6. The molecule has 1 unspecified atom stereocenters. The maximum atomic E-state index is 5.96. The lowest BCUT2D eigenvalue weighted by atomic mass is 10.1. The minimum atomic E-state index is 0.315. The smallest absolute Gasteiger partial charge is 0.124 e. The molecule has 0 saturated heterocycles. The average molecular weight is 287 g/mol. The molecule has 1 heterocycles. The molecule has 0 amide bonds. The Morgan fingerprint density at radius 1 is 1.33 bits per heavy atom. The fourth-order valence-electron chi connectivity index (χ4n) is 2.29. The summed E-state index contributed by atoms with van der Waals surface area (Å²) in [5, 5.41) is 3.51. The SMILES string of the molecule is CCCNC(C)c1ccccc1OCCCn1ccnc1. The molecule has 0 aliphatic heterocycles. The summed E-state index contributed by atoms with van der Waals surface area (Å²) >= 11 is 0. The third-order valence-electron chi connectivity index (χ3n) is 3.46. The first-order valence-corrected chi connectivity index (χ1v) is 7.72. The van der Waals surface area contributed by atoms with Crippen LogP contribution < -0.4 is 10.1 Å². The second-order valence-corrected chi connectivity index (χ2v) is 5.22. The number of nitrogens with zero attached hydrogens (tertiary/aromatic N) is 2. The van der Waals surface area contributed by atoms with Gasteiger partial charge in [0.15, 0.2) is 0 Å². The quantitative estimate of drug-likeness (QED) is 0.718. The van der Waals surface area contributed by atoms with Gasteiger partial charge in [-0.3, -0.25) is 0 Å². The largest absolute Gasteiger partial charge is 0.493 e. The van der Waals surface area contributed by atoms with Crippen LogP contribution in [0.15, 0.2) is 43.0 Å². The monoisotopic (exact) mass is 287 g/mol. The van der Waals surface area contributed by atoms with Crippen molar-refractivity contribution in [3.8, 4) is 5.75 Å². The van der Waals surface area contributed by atoms with Crippen LogP contribution in [0.1, 0.15) is 38.3 Å². The number of hydrogen-bond acceptors (Lipinski definition) is 3. The molecule has 21 heavy (non-hydrogen) atoms. The second-order valence-electron chi connectivity index (χ2n) is 5.22. The van der Waals surface area contributed by atoms with Crippen LogP contribution in [0.4, 0.5) is 0 Å². The molecule has 1 aromatic heterocycles. The van der Waals surface area contributed by atoms with Gasteiger partial charge < -0.3 is 14.6 Å². The summed E-state index contributed by atoms with van der Waals surface area (Å²) in [4.78, 5) is 4.04. The molecule has 0 aliphatic carbocycles. The van der Waals surface area contributed by atoms with Gasteiger partial charge in [0.1, 0.15) is 5.75 Å². The van der Waals surface area contributed by atoms with E-state index in [1.165, 1.54) is 5.56 Å². The van der Waals surface area contributed by atoms with Gasteiger partial charge in [0.2, 0.25) is 0 Å². The molecule has 0 saturated carbocycles. The molecule has 4 heteroatoms. The van der Waals surface area contributed by atoms with Crippen LogP contribution in [0, 0.1) is 0 Å². The summed E-state index contributed by atoms with van der Waals surface area (Å²) in [6.45, 7) is 7.04. The summed E-state index contributed by atoms with van der Waals surface area (Å²) in [5.41, 5.74) is 1.23. The summed E-state index contributed by atoms with van der Waals surface area (Å²) in [7, 11) is 0. The van der Waals surface area contributed by atoms with E-state index < -0.39 is 0 Å². The molecule has 0 fully saturated rings. The van der Waals surface area contributed by atoms with Crippen LogP contribution in [0.25, 0.3) is 0 Å². The zero-order valence-electron chi connectivity index (χ0n) is 13.0. The number of para-hydroxylation sites is 1. The van der Waals surface area contributed by atoms with Gasteiger partial charge in [-0.15, -0.1) is 0 Å². The Morgan fingerprint density at radius 3 is 2.95 bits per heavy atom. The second kappa shape index (κ2) is 8.47. The molecule has 4 nitrogen and oxygen atoms in total. The van der Waals surface area contributed by atoms with Gasteiger partial charge in [-0.1, -0.05) is 25.1 Å². The molecule has 0 spiro atoms. The Labute approximate surface area is 127 Å². The van der Waals surface area contributed by atoms with Gasteiger partial charge in [0.05, 0.1) is 12.9 Å². The molecular weight excluding hydrogens is 262 g/mol. The number of imidazole rings is 1. The zero-order chi connectivity index (χ0) is 14.9. The van der Waals surface area contributed by atoms with Gasteiger partial charge in [-0.05, 0) is 32.4 Å². The van der Waals surface area contributed by atoms with Crippen LogP contribution in [0.2, 0.25) is 0 Å². The van der Waals surface area contributed by atoms with Crippen molar-refractivity contribution in [2.75, 3.05) is 13.2 Å². The van der Waals surface area contributed by atoms with Crippen LogP contribution in [-0.4, -0.2) is 22.7 Å². The van der Waals surface area contributed by atoms with E-state index in [2.05, 4.69) is 46.9 Å². The molecule has 1 N–H and O–H groups in total. The standard InChI is InChI=1S/C17H25N3O/c1-3-9-19-15(2)16-7-4-5-8-17(16)21-13-6-11-20-12-10-18-14-20/h4-5,7-8,10,12,14-15,19H,3,6,9,11,13H2,1-2H3. The third-order valence-corrected chi connectivity index (χ3v) is 3.46. The summed E-state index contributed by atoms with van der Waals surface area (Å²) in [6.07, 6.45) is 7.73. The van der Waals surface area contributed by atoms with Gasteiger partial charge in [-0.2, -0.15) is 0 Å². The Balaban J connectivity index is 1.84. The van der Waals surface area contributed by atoms with Gasteiger partial charge in [0.25, 0.3) is 0 Å². The zero-order valence-corrected chi connectivity index (χ0v) is 13.0. The predicted molar refractivity (Wildman–Crippen MR) is 85.5 cm³/mol. The number of aryl methyl sites for hydroxylation is 1. The van der Waals surface area contributed by atoms with E-state index in [0.29, 0.717) is 6.04 Å². The van der Waals surface area contributed by atoms with E-state index >= 15 is 0 Å². The Bertz CT molecular complexity index is 511. The predicted octanol–water partition coefficient (Wildman–Crippen LogP) is 3.41. The lowest BCUT2D eigenvalue weighted by Crippen LogP contribution is -2.20. The lowest BCUT2D eigenvalue weighted by Gasteiger charge is -2.18. The molecule has 0 aliphatic rings. The van der Waals surface area contributed by atoms with Crippen molar-refractivity contribution in [2.45, 2.75) is 39.3 Å². The van der Waals surface area contributed by atoms with Gasteiger partial charge in [-0.25, -0.2) is 4.98 Å². The number of ether oxygens (including phenoxy) is 1. The van der Waals surface area contributed by atoms with Crippen molar-refractivity contribution < 1.29 is 4.74 Å². The highest BCUT2D eigenvalue weighted by molar-refractivity contribution is 5.35. The van der Waals surface area contributed by atoms with Crippen molar-refractivity contribution in [2.24, 2.45) is 0 Å². The van der Waals surface area contributed by atoms with E-state index in [-0.39, 0.29) is 0 Å². The van der Waals surface area contributed by atoms with Crippen molar-refractivity contribution in [1.29, 1.82) is 0 Å².